The Morgan fingerprint density at radius 3 is 2.95 bits per heavy atom. The van der Waals surface area contributed by atoms with Gasteiger partial charge in [-0.3, -0.25) is 9.59 Å². The zero-order chi connectivity index (χ0) is 15.5. The minimum Gasteiger partial charge on any atom is -0.340 e. The van der Waals surface area contributed by atoms with Crippen LogP contribution in [0.1, 0.15) is 49.7 Å². The summed E-state index contributed by atoms with van der Waals surface area (Å²) in [5, 5.41) is 3.80. The molecule has 0 unspecified atom stereocenters. The summed E-state index contributed by atoms with van der Waals surface area (Å²) in [5.74, 6) is 1.47. The van der Waals surface area contributed by atoms with E-state index in [-0.39, 0.29) is 24.3 Å². The van der Waals surface area contributed by atoms with Gasteiger partial charge in [0.15, 0.2) is 5.82 Å². The Balaban J connectivity index is 1.56. The first-order chi connectivity index (χ1) is 10.6. The standard InChI is InChI=1S/C15H22N4O3/c1-11-16-15(22-17-11)12-6-8-19(9-12)14(21)10-18-7-4-2-3-5-13(18)20/h12H,2-10H2,1H3/t12-/m1/s1. The van der Waals surface area contributed by atoms with E-state index in [9.17, 15) is 9.59 Å². The van der Waals surface area contributed by atoms with Gasteiger partial charge in [-0.25, -0.2) is 0 Å². The van der Waals surface area contributed by atoms with Crippen molar-refractivity contribution in [2.45, 2.75) is 44.9 Å². The molecule has 3 heterocycles. The number of hydrogen-bond donors (Lipinski definition) is 0. The SMILES string of the molecule is Cc1noc([C@@H]2CCN(C(=O)CN3CCCCCC3=O)C2)n1. The van der Waals surface area contributed by atoms with Gasteiger partial charge in [-0.05, 0) is 26.2 Å². The van der Waals surface area contributed by atoms with Crippen LogP contribution in [-0.4, -0.2) is 57.9 Å². The van der Waals surface area contributed by atoms with Crippen LogP contribution in [0.3, 0.4) is 0 Å². The van der Waals surface area contributed by atoms with Gasteiger partial charge in [0.25, 0.3) is 0 Å². The van der Waals surface area contributed by atoms with Crippen molar-refractivity contribution < 1.29 is 14.1 Å². The van der Waals surface area contributed by atoms with Crippen LogP contribution in [0, 0.1) is 6.92 Å². The lowest BCUT2D eigenvalue weighted by Crippen LogP contribution is -2.41. The summed E-state index contributed by atoms with van der Waals surface area (Å²) in [7, 11) is 0. The predicted molar refractivity (Wildman–Crippen MR) is 78.0 cm³/mol. The molecule has 0 N–H and O–H groups in total. The van der Waals surface area contributed by atoms with Gasteiger partial charge in [-0.15, -0.1) is 0 Å². The first-order valence-electron chi connectivity index (χ1n) is 7.99. The van der Waals surface area contributed by atoms with E-state index < -0.39 is 0 Å². The first kappa shape index (κ1) is 15.0. The van der Waals surface area contributed by atoms with E-state index in [1.807, 2.05) is 4.90 Å². The van der Waals surface area contributed by atoms with Crippen LogP contribution in [0.15, 0.2) is 4.52 Å². The van der Waals surface area contributed by atoms with Crippen molar-refractivity contribution in [2.24, 2.45) is 0 Å². The van der Waals surface area contributed by atoms with Crippen LogP contribution < -0.4 is 0 Å². The van der Waals surface area contributed by atoms with E-state index in [2.05, 4.69) is 10.1 Å². The van der Waals surface area contributed by atoms with Crippen LogP contribution in [0.2, 0.25) is 0 Å². The Labute approximate surface area is 129 Å². The number of aryl methyl sites for hydroxylation is 1. The molecule has 1 aromatic rings. The molecular formula is C15H22N4O3. The summed E-state index contributed by atoms with van der Waals surface area (Å²) in [6.45, 7) is 3.98. The fourth-order valence-corrected chi connectivity index (χ4v) is 3.14. The third kappa shape index (κ3) is 3.28. The van der Waals surface area contributed by atoms with Crippen LogP contribution >= 0.6 is 0 Å². The van der Waals surface area contributed by atoms with Gasteiger partial charge in [0.05, 0.1) is 12.5 Å². The molecule has 2 aliphatic rings. The number of rotatable bonds is 3. The Bertz CT molecular complexity index is 557. The molecule has 3 rings (SSSR count). The summed E-state index contributed by atoms with van der Waals surface area (Å²) in [6, 6.07) is 0. The number of nitrogens with zero attached hydrogens (tertiary/aromatic N) is 4. The number of hydrogen-bond acceptors (Lipinski definition) is 5. The third-order valence-electron chi connectivity index (χ3n) is 4.43. The normalized spacial score (nSPS) is 23.0. The molecule has 0 bridgehead atoms. The zero-order valence-corrected chi connectivity index (χ0v) is 13.0. The Morgan fingerprint density at radius 1 is 1.32 bits per heavy atom. The fraction of sp³-hybridized carbons (Fsp3) is 0.733. The van der Waals surface area contributed by atoms with Gasteiger partial charge in [-0.1, -0.05) is 11.6 Å². The van der Waals surface area contributed by atoms with E-state index in [4.69, 9.17) is 4.52 Å². The molecule has 2 aliphatic heterocycles. The molecule has 22 heavy (non-hydrogen) atoms. The van der Waals surface area contributed by atoms with Gasteiger partial charge in [-0.2, -0.15) is 4.98 Å². The highest BCUT2D eigenvalue weighted by Crippen LogP contribution is 2.26. The van der Waals surface area contributed by atoms with Gasteiger partial charge >= 0.3 is 0 Å². The van der Waals surface area contributed by atoms with Crippen LogP contribution in [-0.2, 0) is 9.59 Å². The summed E-state index contributed by atoms with van der Waals surface area (Å²) in [4.78, 5) is 32.2. The average molecular weight is 306 g/mol. The third-order valence-corrected chi connectivity index (χ3v) is 4.43. The van der Waals surface area contributed by atoms with Gasteiger partial charge in [0, 0.05) is 26.1 Å². The molecule has 0 aromatic carbocycles. The fourth-order valence-electron chi connectivity index (χ4n) is 3.14. The van der Waals surface area contributed by atoms with Crippen molar-refractivity contribution in [3.05, 3.63) is 11.7 Å². The monoisotopic (exact) mass is 306 g/mol. The Morgan fingerprint density at radius 2 is 2.18 bits per heavy atom. The molecule has 7 nitrogen and oxygen atoms in total. The van der Waals surface area contributed by atoms with Gasteiger partial charge in [0.2, 0.25) is 17.7 Å². The first-order valence-corrected chi connectivity index (χ1v) is 7.99. The predicted octanol–water partition coefficient (Wildman–Crippen LogP) is 1.10. The number of carbonyl (C=O) groups excluding carboxylic acids is 2. The molecule has 7 heteroatoms. The Hall–Kier alpha value is -1.92. The van der Waals surface area contributed by atoms with E-state index in [0.29, 0.717) is 37.8 Å². The summed E-state index contributed by atoms with van der Waals surface area (Å²) in [5.41, 5.74) is 0. The molecule has 2 fully saturated rings. The number of carbonyl (C=O) groups is 2. The van der Waals surface area contributed by atoms with Crippen molar-refractivity contribution in [3.8, 4) is 0 Å². The van der Waals surface area contributed by atoms with Crippen molar-refractivity contribution in [1.82, 2.24) is 19.9 Å². The molecular weight excluding hydrogens is 284 g/mol. The lowest BCUT2D eigenvalue weighted by Gasteiger charge is -2.23. The van der Waals surface area contributed by atoms with Crippen molar-refractivity contribution in [2.75, 3.05) is 26.2 Å². The van der Waals surface area contributed by atoms with E-state index in [1.54, 1.807) is 11.8 Å². The summed E-state index contributed by atoms with van der Waals surface area (Å²) < 4.78 is 5.20. The van der Waals surface area contributed by atoms with Crippen molar-refractivity contribution in [1.29, 1.82) is 0 Å². The van der Waals surface area contributed by atoms with Crippen LogP contribution in [0.25, 0.3) is 0 Å². The molecule has 0 saturated carbocycles. The minimum absolute atomic E-state index is 0.0222. The average Bonchev–Trinajstić information content (AvgIpc) is 3.09. The highest BCUT2D eigenvalue weighted by molar-refractivity contribution is 5.85. The lowest BCUT2D eigenvalue weighted by atomic mass is 10.1. The second kappa shape index (κ2) is 6.46. The molecule has 2 amide bonds. The topological polar surface area (TPSA) is 79.5 Å². The molecule has 1 atom stereocenters. The maximum atomic E-state index is 12.4. The minimum atomic E-state index is 0.0222. The molecule has 120 valence electrons. The molecule has 0 aliphatic carbocycles. The van der Waals surface area contributed by atoms with E-state index >= 15 is 0 Å². The maximum Gasteiger partial charge on any atom is 0.242 e. The van der Waals surface area contributed by atoms with Crippen molar-refractivity contribution in [3.63, 3.8) is 0 Å². The maximum absolute atomic E-state index is 12.4. The second-order valence-corrected chi connectivity index (χ2v) is 6.13. The molecule has 2 saturated heterocycles. The number of likely N-dealkylation sites (tertiary alicyclic amines) is 2. The highest BCUT2D eigenvalue weighted by atomic mass is 16.5. The largest absolute Gasteiger partial charge is 0.340 e. The smallest absolute Gasteiger partial charge is 0.242 e. The van der Waals surface area contributed by atoms with Crippen LogP contribution in [0.5, 0.6) is 0 Å². The van der Waals surface area contributed by atoms with Gasteiger partial charge < -0.3 is 14.3 Å². The number of amides is 2. The summed E-state index contributed by atoms with van der Waals surface area (Å²) in [6.07, 6.45) is 4.39. The van der Waals surface area contributed by atoms with Crippen molar-refractivity contribution >= 4 is 11.8 Å². The summed E-state index contributed by atoms with van der Waals surface area (Å²) >= 11 is 0. The van der Waals surface area contributed by atoms with E-state index in [0.717, 1.165) is 25.7 Å². The Kier molecular flexibility index (Phi) is 4.40. The zero-order valence-electron chi connectivity index (χ0n) is 13.0. The lowest BCUT2D eigenvalue weighted by molar-refractivity contribution is -0.139. The second-order valence-electron chi connectivity index (χ2n) is 6.13. The number of aromatic nitrogens is 2. The van der Waals surface area contributed by atoms with E-state index in [1.165, 1.54) is 0 Å². The van der Waals surface area contributed by atoms with Crippen LogP contribution in [0.4, 0.5) is 0 Å². The molecule has 1 aromatic heterocycles. The quantitative estimate of drug-likeness (QED) is 0.835. The molecule has 0 radical (unpaired) electrons. The van der Waals surface area contributed by atoms with Gasteiger partial charge in [0.1, 0.15) is 0 Å². The highest BCUT2D eigenvalue weighted by Gasteiger charge is 2.32. The molecule has 0 spiro atoms.